The van der Waals surface area contributed by atoms with E-state index in [1.54, 1.807) is 11.3 Å². The molecule has 2 atom stereocenters. The molecular formula is C25H35N3O3S. The molecule has 6 nitrogen and oxygen atoms in total. The number of hydrogen-bond acceptors (Lipinski definition) is 5. The van der Waals surface area contributed by atoms with Gasteiger partial charge in [-0.1, -0.05) is 43.5 Å². The van der Waals surface area contributed by atoms with Crippen LogP contribution in [0.1, 0.15) is 69.2 Å². The first kappa shape index (κ1) is 24.4. The molecule has 1 saturated carbocycles. The van der Waals surface area contributed by atoms with Gasteiger partial charge in [-0.3, -0.25) is 9.59 Å². The quantitative estimate of drug-likeness (QED) is 0.627. The molecule has 0 radical (unpaired) electrons. The molecule has 4 rings (SSSR count). The summed E-state index contributed by atoms with van der Waals surface area (Å²) in [6.45, 7) is 5.29. The van der Waals surface area contributed by atoms with E-state index in [1.807, 2.05) is 36.4 Å². The molecular weight excluding hydrogens is 422 g/mol. The minimum Gasteiger partial charge on any atom is -0.391 e. The molecule has 174 valence electrons. The third-order valence-corrected chi connectivity index (χ3v) is 7.42. The number of aliphatic hydroxyl groups excluding tert-OH is 1. The number of hydrogen-bond donors (Lipinski definition) is 2. The molecule has 2 aliphatic rings. The lowest BCUT2D eigenvalue weighted by Gasteiger charge is -2.23. The monoisotopic (exact) mass is 457 g/mol. The molecule has 1 saturated heterocycles. The summed E-state index contributed by atoms with van der Waals surface area (Å²) in [7, 11) is 0. The number of nitrogens with one attached hydrogen (secondary N) is 1. The summed E-state index contributed by atoms with van der Waals surface area (Å²) in [6, 6.07) is 8.26. The van der Waals surface area contributed by atoms with Gasteiger partial charge in [0.25, 0.3) is 0 Å². The first-order valence-electron chi connectivity index (χ1n) is 11.6. The lowest BCUT2D eigenvalue weighted by Crippen LogP contribution is -2.31. The van der Waals surface area contributed by atoms with Gasteiger partial charge >= 0.3 is 0 Å². The van der Waals surface area contributed by atoms with E-state index >= 15 is 0 Å². The van der Waals surface area contributed by atoms with Gasteiger partial charge in [-0.05, 0) is 50.2 Å². The maximum atomic E-state index is 11.9. The van der Waals surface area contributed by atoms with Crippen LogP contribution in [0.2, 0.25) is 0 Å². The maximum Gasteiger partial charge on any atom is 0.222 e. The van der Waals surface area contributed by atoms with Crippen molar-refractivity contribution in [3.63, 3.8) is 0 Å². The highest BCUT2D eigenvalue weighted by atomic mass is 32.1. The average molecular weight is 458 g/mol. The van der Waals surface area contributed by atoms with E-state index in [2.05, 4.69) is 22.4 Å². The first-order chi connectivity index (χ1) is 15.5. The van der Waals surface area contributed by atoms with Crippen LogP contribution < -0.4 is 5.32 Å². The molecule has 2 unspecified atom stereocenters. The molecule has 2 fully saturated rings. The van der Waals surface area contributed by atoms with Crippen LogP contribution in [0, 0.1) is 12.8 Å². The molecule has 2 amide bonds. The van der Waals surface area contributed by atoms with Crippen LogP contribution in [-0.4, -0.2) is 46.5 Å². The fourth-order valence-electron chi connectivity index (χ4n) is 4.44. The third-order valence-electron chi connectivity index (χ3n) is 6.44. The Morgan fingerprint density at radius 2 is 1.97 bits per heavy atom. The van der Waals surface area contributed by atoms with E-state index in [0.29, 0.717) is 18.9 Å². The van der Waals surface area contributed by atoms with Gasteiger partial charge in [-0.2, -0.15) is 0 Å². The summed E-state index contributed by atoms with van der Waals surface area (Å²) >= 11 is 1.64. The van der Waals surface area contributed by atoms with Crippen molar-refractivity contribution < 1.29 is 14.7 Å². The molecule has 32 heavy (non-hydrogen) atoms. The predicted octanol–water partition coefficient (Wildman–Crippen LogP) is 4.48. The predicted molar refractivity (Wildman–Crippen MR) is 128 cm³/mol. The Labute approximate surface area is 195 Å². The highest BCUT2D eigenvalue weighted by molar-refractivity contribution is 7.13. The zero-order chi connectivity index (χ0) is 22.9. The largest absolute Gasteiger partial charge is 0.391 e. The Morgan fingerprint density at radius 3 is 2.53 bits per heavy atom. The first-order valence-corrected chi connectivity index (χ1v) is 12.5. The lowest BCUT2D eigenvalue weighted by atomic mass is 9.87. The molecule has 1 aliphatic carbocycles. The highest BCUT2D eigenvalue weighted by Crippen LogP contribution is 2.28. The molecule has 0 bridgehead atoms. The summed E-state index contributed by atoms with van der Waals surface area (Å²) in [4.78, 5) is 29.5. The number of β-amino-alcohol motifs (C(OH)–C–C–N with tert-alkyl or cyclic N) is 1. The Morgan fingerprint density at radius 1 is 1.25 bits per heavy atom. The van der Waals surface area contributed by atoms with Crippen LogP contribution in [0.15, 0.2) is 29.8 Å². The zero-order valence-corrected chi connectivity index (χ0v) is 19.9. The van der Waals surface area contributed by atoms with E-state index in [4.69, 9.17) is 0 Å². The van der Waals surface area contributed by atoms with Crippen molar-refractivity contribution in [1.82, 2.24) is 15.2 Å². The van der Waals surface area contributed by atoms with Gasteiger partial charge in [-0.25, -0.2) is 4.98 Å². The molecule has 1 aromatic carbocycles. The average Bonchev–Trinajstić information content (AvgIpc) is 3.43. The Kier molecular flexibility index (Phi) is 9.23. The van der Waals surface area contributed by atoms with Gasteiger partial charge in [0.05, 0.1) is 28.2 Å². The number of nitrogens with zero attached hydrogens (tertiary/aromatic N) is 2. The highest BCUT2D eigenvalue weighted by Gasteiger charge is 2.26. The number of amides is 2. The summed E-state index contributed by atoms with van der Waals surface area (Å²) in [5, 5.41) is 12.1. The fourth-order valence-corrected chi connectivity index (χ4v) is 5.25. The number of thiazole rings is 1. The van der Waals surface area contributed by atoms with Crippen molar-refractivity contribution in [2.24, 2.45) is 5.92 Å². The second-order valence-corrected chi connectivity index (χ2v) is 9.74. The molecule has 0 spiro atoms. The van der Waals surface area contributed by atoms with E-state index in [-0.39, 0.29) is 18.1 Å². The van der Waals surface area contributed by atoms with Gasteiger partial charge in [0.15, 0.2) is 0 Å². The summed E-state index contributed by atoms with van der Waals surface area (Å²) in [5.41, 5.74) is 5.19. The van der Waals surface area contributed by atoms with Crippen LogP contribution in [-0.2, 0) is 9.59 Å². The maximum absolute atomic E-state index is 11.9. The zero-order valence-electron chi connectivity index (χ0n) is 19.1. The smallest absolute Gasteiger partial charge is 0.222 e. The molecule has 2 N–H and O–H groups in total. The molecule has 1 aliphatic heterocycles. The number of carbonyl (C=O) groups excluding carboxylic acids is 2. The van der Waals surface area contributed by atoms with Crippen molar-refractivity contribution in [2.75, 3.05) is 13.1 Å². The second kappa shape index (κ2) is 12.1. The molecule has 1 aromatic heterocycles. The molecule has 7 heteroatoms. The molecule has 2 aromatic rings. The number of aromatic nitrogens is 1. The number of aryl methyl sites for hydroxylation is 1. The van der Waals surface area contributed by atoms with E-state index in [0.717, 1.165) is 30.6 Å². The van der Waals surface area contributed by atoms with Crippen molar-refractivity contribution in [2.45, 2.75) is 70.9 Å². The van der Waals surface area contributed by atoms with Gasteiger partial charge in [0.1, 0.15) is 0 Å². The van der Waals surface area contributed by atoms with Gasteiger partial charge < -0.3 is 15.3 Å². The van der Waals surface area contributed by atoms with E-state index < -0.39 is 0 Å². The van der Waals surface area contributed by atoms with Crippen LogP contribution in [0.3, 0.4) is 0 Å². The Bertz CT molecular complexity index is 862. The summed E-state index contributed by atoms with van der Waals surface area (Å²) in [5.74, 6) is 0.877. The number of aliphatic hydroxyl groups is 1. The number of carbonyl (C=O) groups is 2. The van der Waals surface area contributed by atoms with Crippen LogP contribution in [0.5, 0.6) is 0 Å². The van der Waals surface area contributed by atoms with E-state index in [9.17, 15) is 14.7 Å². The number of rotatable bonds is 6. The van der Waals surface area contributed by atoms with Crippen LogP contribution >= 0.6 is 11.3 Å². The Hall–Kier alpha value is -2.25. The number of benzene rings is 1. The third kappa shape index (κ3) is 6.87. The van der Waals surface area contributed by atoms with Crippen molar-refractivity contribution in [3.05, 3.63) is 41.0 Å². The van der Waals surface area contributed by atoms with Crippen molar-refractivity contribution in [3.8, 4) is 10.4 Å². The van der Waals surface area contributed by atoms with Crippen molar-refractivity contribution >= 4 is 23.7 Å². The number of likely N-dealkylation sites (tertiary alicyclic amines) is 1. The minimum atomic E-state index is -0.277. The second-order valence-electron chi connectivity index (χ2n) is 8.89. The van der Waals surface area contributed by atoms with Crippen molar-refractivity contribution in [1.29, 1.82) is 0 Å². The lowest BCUT2D eigenvalue weighted by molar-refractivity contribution is -0.131. The van der Waals surface area contributed by atoms with Crippen LogP contribution in [0.25, 0.3) is 10.4 Å². The van der Waals surface area contributed by atoms with E-state index in [1.165, 1.54) is 42.5 Å². The summed E-state index contributed by atoms with van der Waals surface area (Å²) in [6.07, 6.45) is 8.30. The SMILES string of the molecule is Cc1ncsc1-c1ccc(C(C)NC=O)cc1.O=C(CC1CCCCC1)N1CCC(O)C1. The summed E-state index contributed by atoms with van der Waals surface area (Å²) < 4.78 is 0. The molecule has 2 heterocycles. The fraction of sp³-hybridized carbons (Fsp3) is 0.560. The van der Waals surface area contributed by atoms with Gasteiger partial charge in [-0.15, -0.1) is 11.3 Å². The Balaban J connectivity index is 0.000000182. The standard InChI is InChI=1S/C13H14N2OS.C12H21NO2/c1-9(14-7-16)11-3-5-12(6-4-11)13-10(2)15-8-17-13;14-11-6-7-13(9-11)12(15)8-10-4-2-1-3-5-10/h3-9H,1-2H3,(H,14,16);10-11,14H,1-9H2. The van der Waals surface area contributed by atoms with Gasteiger partial charge in [0.2, 0.25) is 12.3 Å². The minimum absolute atomic E-state index is 0.0455. The van der Waals surface area contributed by atoms with Gasteiger partial charge in [0, 0.05) is 19.5 Å². The van der Waals surface area contributed by atoms with Crippen LogP contribution in [0.4, 0.5) is 0 Å². The topological polar surface area (TPSA) is 82.5 Å². The normalized spacial score (nSPS) is 19.7.